The molecule has 6 nitrogen and oxygen atoms in total. The molecule has 0 aromatic heterocycles. The Morgan fingerprint density at radius 1 is 1.10 bits per heavy atom. The lowest BCUT2D eigenvalue weighted by atomic mass is 10.2. The van der Waals surface area contributed by atoms with E-state index in [0.29, 0.717) is 36.8 Å². The second-order valence-electron chi connectivity index (χ2n) is 6.14. The van der Waals surface area contributed by atoms with Crippen molar-refractivity contribution >= 4 is 47.4 Å². The lowest BCUT2D eigenvalue weighted by Gasteiger charge is -2.22. The third kappa shape index (κ3) is 8.10. The molecule has 29 heavy (non-hydrogen) atoms. The minimum Gasteiger partial charge on any atom is -0.494 e. The van der Waals surface area contributed by atoms with Crippen molar-refractivity contribution in [2.45, 2.75) is 13.5 Å². The van der Waals surface area contributed by atoms with Gasteiger partial charge in [-0.3, -0.25) is 9.79 Å². The largest absolute Gasteiger partial charge is 0.494 e. The molecule has 2 rings (SSSR count). The smallest absolute Gasteiger partial charge is 0.252 e. The maximum Gasteiger partial charge on any atom is 0.252 e. The van der Waals surface area contributed by atoms with Gasteiger partial charge in [0.15, 0.2) is 5.96 Å². The van der Waals surface area contributed by atoms with Crippen molar-refractivity contribution < 1.29 is 9.53 Å². The topological polar surface area (TPSA) is 66.0 Å². The molecular formula is C21H28ClIN4O2. The average molecular weight is 531 g/mol. The first-order valence-electron chi connectivity index (χ1n) is 9.21. The Balaban J connectivity index is 0.00000420. The quantitative estimate of drug-likeness (QED) is 0.236. The van der Waals surface area contributed by atoms with Crippen LogP contribution in [0.1, 0.15) is 22.8 Å². The lowest BCUT2D eigenvalue weighted by molar-refractivity contribution is 0.0954. The molecule has 0 aliphatic rings. The number of aliphatic imine (C=N–C) groups is 1. The molecule has 0 bridgehead atoms. The highest BCUT2D eigenvalue weighted by atomic mass is 127. The maximum absolute atomic E-state index is 12.2. The van der Waals surface area contributed by atoms with Crippen LogP contribution in [0, 0.1) is 0 Å². The van der Waals surface area contributed by atoms with Gasteiger partial charge < -0.3 is 20.3 Å². The number of ether oxygens (including phenoxy) is 1. The number of hydrogen-bond donors (Lipinski definition) is 2. The molecule has 8 heteroatoms. The molecule has 2 N–H and O–H groups in total. The van der Waals surface area contributed by atoms with Gasteiger partial charge in [-0.1, -0.05) is 35.9 Å². The van der Waals surface area contributed by atoms with Crippen LogP contribution in [0.2, 0.25) is 5.02 Å². The molecule has 1 amide bonds. The monoisotopic (exact) mass is 530 g/mol. The Labute approximate surface area is 194 Å². The van der Waals surface area contributed by atoms with E-state index in [-0.39, 0.29) is 29.9 Å². The van der Waals surface area contributed by atoms with E-state index in [0.717, 1.165) is 17.3 Å². The van der Waals surface area contributed by atoms with Crippen molar-refractivity contribution in [3.63, 3.8) is 0 Å². The molecule has 0 aliphatic carbocycles. The lowest BCUT2D eigenvalue weighted by Crippen LogP contribution is -2.42. The molecule has 0 radical (unpaired) electrons. The van der Waals surface area contributed by atoms with Crippen LogP contribution in [0.15, 0.2) is 53.5 Å². The summed E-state index contributed by atoms with van der Waals surface area (Å²) in [6.07, 6.45) is 0. The van der Waals surface area contributed by atoms with Crippen LogP contribution in [0.25, 0.3) is 0 Å². The summed E-state index contributed by atoms with van der Waals surface area (Å²) >= 11 is 6.04. The predicted octanol–water partition coefficient (Wildman–Crippen LogP) is 3.79. The predicted molar refractivity (Wildman–Crippen MR) is 130 cm³/mol. The summed E-state index contributed by atoms with van der Waals surface area (Å²) < 4.78 is 5.47. The van der Waals surface area contributed by atoms with Crippen LogP contribution in [0.5, 0.6) is 5.75 Å². The van der Waals surface area contributed by atoms with Crippen LogP contribution in [-0.4, -0.2) is 50.6 Å². The van der Waals surface area contributed by atoms with E-state index in [1.807, 2.05) is 43.1 Å². The number of rotatable bonds is 8. The zero-order chi connectivity index (χ0) is 20.4. The summed E-state index contributed by atoms with van der Waals surface area (Å²) in [5.74, 6) is 1.43. The Bertz CT molecular complexity index is 800. The van der Waals surface area contributed by atoms with Crippen LogP contribution >= 0.6 is 35.6 Å². The zero-order valence-electron chi connectivity index (χ0n) is 16.9. The van der Waals surface area contributed by atoms with Gasteiger partial charge in [0.1, 0.15) is 5.75 Å². The van der Waals surface area contributed by atoms with Gasteiger partial charge in [-0.05, 0) is 36.8 Å². The summed E-state index contributed by atoms with van der Waals surface area (Å²) in [5.41, 5.74) is 1.63. The fourth-order valence-corrected chi connectivity index (χ4v) is 2.90. The van der Waals surface area contributed by atoms with Crippen LogP contribution < -0.4 is 15.4 Å². The number of benzene rings is 2. The Morgan fingerprint density at radius 3 is 2.38 bits per heavy atom. The molecular weight excluding hydrogens is 503 g/mol. The van der Waals surface area contributed by atoms with Gasteiger partial charge in [-0.25, -0.2) is 0 Å². The summed E-state index contributed by atoms with van der Waals surface area (Å²) in [4.78, 5) is 18.5. The van der Waals surface area contributed by atoms with E-state index in [1.165, 1.54) is 0 Å². The van der Waals surface area contributed by atoms with Crippen LogP contribution in [-0.2, 0) is 6.54 Å². The minimum atomic E-state index is -0.190. The first-order chi connectivity index (χ1) is 13.5. The van der Waals surface area contributed by atoms with Gasteiger partial charge in [0.2, 0.25) is 0 Å². The highest BCUT2D eigenvalue weighted by Gasteiger charge is 2.10. The third-order valence-electron chi connectivity index (χ3n) is 4.04. The highest BCUT2D eigenvalue weighted by Crippen LogP contribution is 2.14. The van der Waals surface area contributed by atoms with Crippen LogP contribution in [0.4, 0.5) is 0 Å². The maximum atomic E-state index is 12.2. The first-order valence-corrected chi connectivity index (χ1v) is 9.59. The molecule has 158 valence electrons. The van der Waals surface area contributed by atoms with E-state index in [4.69, 9.17) is 16.3 Å². The molecule has 2 aromatic rings. The van der Waals surface area contributed by atoms with E-state index < -0.39 is 0 Å². The molecule has 0 aliphatic heterocycles. The number of guanidine groups is 1. The van der Waals surface area contributed by atoms with Crippen LogP contribution in [0.3, 0.4) is 0 Å². The third-order valence-corrected chi connectivity index (χ3v) is 4.37. The standard InChI is InChI=1S/C21H27ClN4O2.HI/c1-4-28-17-11-9-16(10-12-17)15-26(3)21(23-2)25-14-13-24-20(27)18-7-5-6-8-19(18)22;/h5-12H,4,13-15H2,1-3H3,(H,23,25)(H,24,27);1H. The molecule has 0 heterocycles. The van der Waals surface area contributed by atoms with Crippen molar-refractivity contribution in [2.24, 2.45) is 4.99 Å². The number of halogens is 2. The molecule has 0 fully saturated rings. The van der Waals surface area contributed by atoms with Gasteiger partial charge >= 0.3 is 0 Å². The van der Waals surface area contributed by atoms with Gasteiger partial charge in [-0.15, -0.1) is 24.0 Å². The highest BCUT2D eigenvalue weighted by molar-refractivity contribution is 14.0. The van der Waals surface area contributed by atoms with Crippen molar-refractivity contribution in [1.82, 2.24) is 15.5 Å². The molecule has 0 spiro atoms. The Hall–Kier alpha value is -2.00. The fourth-order valence-electron chi connectivity index (χ4n) is 2.68. The summed E-state index contributed by atoms with van der Waals surface area (Å²) in [7, 11) is 3.70. The fraction of sp³-hybridized carbons (Fsp3) is 0.333. The zero-order valence-corrected chi connectivity index (χ0v) is 20.0. The molecule has 2 aromatic carbocycles. The van der Waals surface area contributed by atoms with E-state index in [2.05, 4.69) is 15.6 Å². The van der Waals surface area contributed by atoms with Crippen molar-refractivity contribution in [3.05, 3.63) is 64.7 Å². The van der Waals surface area contributed by atoms with Crippen molar-refractivity contribution in [2.75, 3.05) is 33.8 Å². The molecule has 0 saturated carbocycles. The number of carbonyl (C=O) groups is 1. The Kier molecular flexibility index (Phi) is 11.5. The van der Waals surface area contributed by atoms with Crippen molar-refractivity contribution in [3.8, 4) is 5.75 Å². The van der Waals surface area contributed by atoms with E-state index in [1.54, 1.807) is 31.3 Å². The summed E-state index contributed by atoms with van der Waals surface area (Å²) in [6, 6.07) is 15.0. The second-order valence-corrected chi connectivity index (χ2v) is 6.55. The summed E-state index contributed by atoms with van der Waals surface area (Å²) in [5, 5.41) is 6.54. The van der Waals surface area contributed by atoms with Gasteiger partial charge in [0.05, 0.1) is 17.2 Å². The Morgan fingerprint density at radius 2 is 1.76 bits per heavy atom. The number of nitrogens with zero attached hydrogens (tertiary/aromatic N) is 2. The summed E-state index contributed by atoms with van der Waals surface area (Å²) in [6.45, 7) is 4.34. The van der Waals surface area contributed by atoms with E-state index in [9.17, 15) is 4.79 Å². The minimum absolute atomic E-state index is 0. The number of amides is 1. The normalized spacial score (nSPS) is 10.7. The SMILES string of the molecule is CCOc1ccc(CN(C)C(=NC)NCCNC(=O)c2ccccc2Cl)cc1.I. The van der Waals surface area contributed by atoms with Crippen molar-refractivity contribution in [1.29, 1.82) is 0 Å². The molecule has 0 atom stereocenters. The van der Waals surface area contributed by atoms with Gasteiger partial charge in [0.25, 0.3) is 5.91 Å². The second kappa shape index (κ2) is 13.3. The number of carbonyl (C=O) groups excluding carboxylic acids is 1. The van der Waals surface area contributed by atoms with E-state index >= 15 is 0 Å². The van der Waals surface area contributed by atoms with Gasteiger partial charge in [-0.2, -0.15) is 0 Å². The van der Waals surface area contributed by atoms with Gasteiger partial charge in [0, 0.05) is 33.7 Å². The number of hydrogen-bond acceptors (Lipinski definition) is 3. The first kappa shape index (κ1) is 25.0. The molecule has 0 unspecified atom stereocenters. The average Bonchev–Trinajstić information content (AvgIpc) is 2.70. The number of nitrogens with one attached hydrogen (secondary N) is 2. The molecule has 0 saturated heterocycles.